The molecule has 0 aliphatic rings. The number of fused-ring (bicyclic) bond motifs is 1. The van der Waals surface area contributed by atoms with Gasteiger partial charge in [0.1, 0.15) is 23.0 Å². The Morgan fingerprint density at radius 1 is 1.00 bits per heavy atom. The van der Waals surface area contributed by atoms with Gasteiger partial charge < -0.3 is 10.2 Å². The second-order valence-electron chi connectivity index (χ2n) is 4.31. The average Bonchev–Trinajstić information content (AvgIpc) is 2.81. The van der Waals surface area contributed by atoms with Crippen LogP contribution in [0.5, 0.6) is 0 Å². The molecule has 0 fully saturated rings. The Bertz CT molecular complexity index is 749. The number of benzene rings is 2. The molecule has 0 amide bonds. The molecule has 0 radical (unpaired) electrons. The van der Waals surface area contributed by atoms with Crippen molar-refractivity contribution < 1.29 is 13.2 Å². The summed E-state index contributed by atoms with van der Waals surface area (Å²) < 4.78 is 32.6. The van der Waals surface area contributed by atoms with Crippen LogP contribution in [0.25, 0.3) is 22.3 Å². The van der Waals surface area contributed by atoms with Crippen LogP contribution in [0.1, 0.15) is 5.56 Å². The zero-order chi connectivity index (χ0) is 13.4. The molecular weight excluding hydrogens is 248 g/mol. The van der Waals surface area contributed by atoms with Crippen LogP contribution >= 0.6 is 0 Å². The maximum Gasteiger partial charge on any atom is 0.138 e. The summed E-state index contributed by atoms with van der Waals surface area (Å²) in [6.07, 6.45) is 0. The highest BCUT2D eigenvalue weighted by Gasteiger charge is 2.11. The number of hydrogen-bond donors (Lipinski definition) is 1. The van der Waals surface area contributed by atoms with Gasteiger partial charge in [0, 0.05) is 11.9 Å². The number of hydrogen-bond acceptors (Lipinski definition) is 2. The lowest BCUT2D eigenvalue weighted by Crippen LogP contribution is -1.97. The molecule has 2 aromatic carbocycles. The van der Waals surface area contributed by atoms with Crippen molar-refractivity contribution in [1.82, 2.24) is 0 Å². The van der Waals surface area contributed by atoms with Crippen LogP contribution in [0.4, 0.5) is 8.78 Å². The van der Waals surface area contributed by atoms with Gasteiger partial charge in [-0.05, 0) is 42.0 Å². The van der Waals surface area contributed by atoms with Gasteiger partial charge in [0.05, 0.1) is 5.56 Å². The maximum atomic E-state index is 13.9. The first-order chi connectivity index (χ1) is 9.17. The quantitative estimate of drug-likeness (QED) is 0.759. The molecule has 0 unspecified atom stereocenters. The van der Waals surface area contributed by atoms with E-state index in [2.05, 4.69) is 0 Å². The van der Waals surface area contributed by atoms with E-state index < -0.39 is 5.82 Å². The van der Waals surface area contributed by atoms with Crippen LogP contribution in [0.15, 0.2) is 46.9 Å². The summed E-state index contributed by atoms with van der Waals surface area (Å²) in [7, 11) is 0. The van der Waals surface area contributed by atoms with Crippen LogP contribution < -0.4 is 5.73 Å². The Morgan fingerprint density at radius 3 is 2.58 bits per heavy atom. The summed E-state index contributed by atoms with van der Waals surface area (Å²) in [5, 5.41) is 0.609. The molecule has 0 spiro atoms. The topological polar surface area (TPSA) is 39.2 Å². The number of furan rings is 1. The highest BCUT2D eigenvalue weighted by Crippen LogP contribution is 2.30. The fourth-order valence-corrected chi connectivity index (χ4v) is 2.03. The summed E-state index contributed by atoms with van der Waals surface area (Å²) in [4.78, 5) is 0. The van der Waals surface area contributed by atoms with Gasteiger partial charge in [-0.2, -0.15) is 0 Å². The maximum absolute atomic E-state index is 13.9. The molecule has 19 heavy (non-hydrogen) atoms. The van der Waals surface area contributed by atoms with E-state index in [-0.39, 0.29) is 12.4 Å². The van der Waals surface area contributed by atoms with Crippen molar-refractivity contribution in [3.05, 3.63) is 59.7 Å². The zero-order valence-electron chi connectivity index (χ0n) is 9.99. The van der Waals surface area contributed by atoms with Crippen LogP contribution in [0.3, 0.4) is 0 Å². The first kappa shape index (κ1) is 11.9. The van der Waals surface area contributed by atoms with E-state index in [0.717, 1.165) is 0 Å². The minimum absolute atomic E-state index is 0.280. The van der Waals surface area contributed by atoms with Gasteiger partial charge in [0.2, 0.25) is 0 Å². The number of nitrogens with two attached hydrogens (primary N) is 1. The highest BCUT2D eigenvalue weighted by atomic mass is 19.1. The lowest BCUT2D eigenvalue weighted by Gasteiger charge is -2.01. The Hall–Kier alpha value is -2.20. The first-order valence-electron chi connectivity index (χ1n) is 5.85. The van der Waals surface area contributed by atoms with Crippen LogP contribution in [-0.4, -0.2) is 0 Å². The van der Waals surface area contributed by atoms with E-state index >= 15 is 0 Å². The third kappa shape index (κ3) is 2.11. The number of rotatable bonds is 2. The largest absolute Gasteiger partial charge is 0.456 e. The fraction of sp³-hybridized carbons (Fsp3) is 0.0667. The molecule has 96 valence electrons. The third-order valence-electron chi connectivity index (χ3n) is 3.01. The fourth-order valence-electron chi connectivity index (χ4n) is 2.03. The summed E-state index contributed by atoms with van der Waals surface area (Å²) in [5.74, 6) is -0.372. The van der Waals surface area contributed by atoms with Gasteiger partial charge in [-0.15, -0.1) is 0 Å². The minimum atomic E-state index is -0.400. The van der Waals surface area contributed by atoms with Gasteiger partial charge in [-0.3, -0.25) is 0 Å². The molecule has 0 atom stereocenters. The van der Waals surface area contributed by atoms with Crippen molar-refractivity contribution >= 4 is 11.0 Å². The molecule has 0 saturated carbocycles. The Kier molecular flexibility index (Phi) is 2.80. The minimum Gasteiger partial charge on any atom is -0.456 e. The molecule has 1 aromatic heterocycles. The van der Waals surface area contributed by atoms with Crippen molar-refractivity contribution in [1.29, 1.82) is 0 Å². The monoisotopic (exact) mass is 259 g/mol. The van der Waals surface area contributed by atoms with Gasteiger partial charge in [0.15, 0.2) is 0 Å². The van der Waals surface area contributed by atoms with Crippen molar-refractivity contribution in [2.45, 2.75) is 6.54 Å². The summed E-state index contributed by atoms with van der Waals surface area (Å²) in [6, 6.07) is 10.6. The molecule has 1 heterocycles. The van der Waals surface area contributed by atoms with E-state index in [4.69, 9.17) is 10.2 Å². The standard InChI is InChI=1S/C15H11F2NO/c16-11-2-4-14-10(6-11)7-15(19-14)12-3-1-9(8-18)5-13(12)17/h1-7H,8,18H2. The van der Waals surface area contributed by atoms with E-state index in [1.807, 2.05) is 0 Å². The van der Waals surface area contributed by atoms with Crippen LogP contribution in [-0.2, 0) is 6.54 Å². The van der Waals surface area contributed by atoms with Gasteiger partial charge in [-0.25, -0.2) is 8.78 Å². The predicted octanol–water partition coefficient (Wildman–Crippen LogP) is 3.84. The van der Waals surface area contributed by atoms with E-state index in [9.17, 15) is 8.78 Å². The molecule has 4 heteroatoms. The van der Waals surface area contributed by atoms with E-state index in [1.165, 1.54) is 24.3 Å². The summed E-state index contributed by atoms with van der Waals surface area (Å²) in [6.45, 7) is 0.280. The van der Waals surface area contributed by atoms with Gasteiger partial charge >= 0.3 is 0 Å². The second kappa shape index (κ2) is 4.48. The van der Waals surface area contributed by atoms with E-state index in [0.29, 0.717) is 27.9 Å². The first-order valence-corrected chi connectivity index (χ1v) is 5.85. The van der Waals surface area contributed by atoms with E-state index in [1.54, 1.807) is 18.2 Å². The van der Waals surface area contributed by atoms with Crippen molar-refractivity contribution in [2.75, 3.05) is 0 Å². The molecular formula is C15H11F2NO. The molecule has 0 aliphatic carbocycles. The molecule has 3 rings (SSSR count). The average molecular weight is 259 g/mol. The molecule has 2 nitrogen and oxygen atoms in total. The predicted molar refractivity (Wildman–Crippen MR) is 69.5 cm³/mol. The lowest BCUT2D eigenvalue weighted by atomic mass is 10.1. The molecule has 0 bridgehead atoms. The smallest absolute Gasteiger partial charge is 0.138 e. The Morgan fingerprint density at radius 2 is 1.84 bits per heavy atom. The van der Waals surface area contributed by atoms with Crippen molar-refractivity contribution in [2.24, 2.45) is 5.73 Å². The Labute approximate surface area is 108 Å². The molecule has 0 saturated heterocycles. The van der Waals surface area contributed by atoms with Crippen LogP contribution in [0, 0.1) is 11.6 Å². The lowest BCUT2D eigenvalue weighted by molar-refractivity contribution is 0.598. The zero-order valence-corrected chi connectivity index (χ0v) is 9.99. The SMILES string of the molecule is NCc1ccc(-c2cc3cc(F)ccc3o2)c(F)c1. The second-order valence-corrected chi connectivity index (χ2v) is 4.31. The molecule has 0 aliphatic heterocycles. The number of halogens is 2. The normalized spacial score (nSPS) is 11.1. The van der Waals surface area contributed by atoms with Gasteiger partial charge in [-0.1, -0.05) is 6.07 Å². The van der Waals surface area contributed by atoms with Crippen LogP contribution in [0.2, 0.25) is 0 Å². The summed E-state index contributed by atoms with van der Waals surface area (Å²) >= 11 is 0. The highest BCUT2D eigenvalue weighted by molar-refractivity contribution is 5.82. The summed E-state index contributed by atoms with van der Waals surface area (Å²) in [5.41, 5.74) is 7.03. The Balaban J connectivity index is 2.13. The van der Waals surface area contributed by atoms with Crippen molar-refractivity contribution in [3.63, 3.8) is 0 Å². The molecule has 3 aromatic rings. The van der Waals surface area contributed by atoms with Gasteiger partial charge in [0.25, 0.3) is 0 Å². The molecule has 2 N–H and O–H groups in total. The third-order valence-corrected chi connectivity index (χ3v) is 3.01. The van der Waals surface area contributed by atoms with Crippen molar-refractivity contribution in [3.8, 4) is 11.3 Å².